The Balaban J connectivity index is 2.04. The summed E-state index contributed by atoms with van der Waals surface area (Å²) in [6.45, 7) is 1.14. The summed E-state index contributed by atoms with van der Waals surface area (Å²) < 4.78 is 26.4. The summed E-state index contributed by atoms with van der Waals surface area (Å²) in [5, 5.41) is 0. The molecule has 3 nitrogen and oxygen atoms in total. The van der Waals surface area contributed by atoms with Gasteiger partial charge in [0.2, 0.25) is 5.91 Å². The quantitative estimate of drug-likeness (QED) is 0.868. The van der Waals surface area contributed by atoms with E-state index in [2.05, 4.69) is 0 Å². The molecule has 0 spiro atoms. The molecule has 1 atom stereocenters. The predicted octanol–water partition coefficient (Wildman–Crippen LogP) is 1.46. The number of benzene rings is 1. The fourth-order valence-electron chi connectivity index (χ4n) is 2.19. The van der Waals surface area contributed by atoms with E-state index in [1.54, 1.807) is 4.90 Å². The molecule has 2 N–H and O–H groups in total. The highest BCUT2D eigenvalue weighted by Crippen LogP contribution is 2.14. The van der Waals surface area contributed by atoms with Crippen molar-refractivity contribution in [2.45, 2.75) is 25.3 Å². The van der Waals surface area contributed by atoms with Crippen molar-refractivity contribution >= 4 is 5.91 Å². The van der Waals surface area contributed by atoms with Crippen LogP contribution in [0, 0.1) is 11.6 Å². The second kappa shape index (κ2) is 5.44. The number of halogens is 2. The first-order valence-corrected chi connectivity index (χ1v) is 6.03. The first kappa shape index (κ1) is 13.0. The number of piperidine rings is 1. The lowest BCUT2D eigenvalue weighted by molar-refractivity contribution is -0.131. The second-order valence-corrected chi connectivity index (χ2v) is 4.65. The highest BCUT2D eigenvalue weighted by atomic mass is 19.1. The number of nitrogens with two attached hydrogens (primary N) is 1. The first-order chi connectivity index (χ1) is 8.56. The Labute approximate surface area is 105 Å². The van der Waals surface area contributed by atoms with E-state index in [1.807, 2.05) is 0 Å². The third-order valence-corrected chi connectivity index (χ3v) is 3.16. The molecule has 0 aromatic heterocycles. The lowest BCUT2D eigenvalue weighted by Gasteiger charge is -2.30. The topological polar surface area (TPSA) is 46.3 Å². The Kier molecular flexibility index (Phi) is 3.91. The van der Waals surface area contributed by atoms with Gasteiger partial charge in [-0.2, -0.15) is 0 Å². The Morgan fingerprint density at radius 2 is 2.22 bits per heavy atom. The van der Waals surface area contributed by atoms with E-state index in [-0.39, 0.29) is 23.9 Å². The number of rotatable bonds is 2. The van der Waals surface area contributed by atoms with Crippen LogP contribution in [-0.2, 0) is 11.2 Å². The molecule has 1 aliphatic rings. The molecular formula is C13H16F2N2O. The van der Waals surface area contributed by atoms with E-state index in [0.29, 0.717) is 13.1 Å². The minimum absolute atomic E-state index is 0.0138. The van der Waals surface area contributed by atoms with Crippen LogP contribution in [-0.4, -0.2) is 29.9 Å². The molecule has 2 rings (SSSR count). The molecule has 1 aromatic rings. The fraction of sp³-hybridized carbons (Fsp3) is 0.462. The molecular weight excluding hydrogens is 238 g/mol. The summed E-state index contributed by atoms with van der Waals surface area (Å²) in [5.41, 5.74) is 5.88. The van der Waals surface area contributed by atoms with Gasteiger partial charge in [0.25, 0.3) is 0 Å². The third kappa shape index (κ3) is 3.04. The van der Waals surface area contributed by atoms with Crippen molar-refractivity contribution in [3.8, 4) is 0 Å². The number of carbonyl (C=O) groups excluding carboxylic acids is 1. The van der Waals surface area contributed by atoms with E-state index in [9.17, 15) is 13.6 Å². The zero-order valence-electron chi connectivity index (χ0n) is 10.0. The second-order valence-electron chi connectivity index (χ2n) is 4.65. The number of likely N-dealkylation sites (tertiary alicyclic amines) is 1. The van der Waals surface area contributed by atoms with E-state index < -0.39 is 11.6 Å². The fourth-order valence-corrected chi connectivity index (χ4v) is 2.19. The Morgan fingerprint density at radius 3 is 2.94 bits per heavy atom. The molecule has 0 aliphatic carbocycles. The Morgan fingerprint density at radius 1 is 1.44 bits per heavy atom. The van der Waals surface area contributed by atoms with Gasteiger partial charge < -0.3 is 10.6 Å². The molecule has 1 heterocycles. The van der Waals surface area contributed by atoms with Crippen LogP contribution >= 0.6 is 0 Å². The molecule has 0 radical (unpaired) electrons. The minimum Gasteiger partial charge on any atom is -0.341 e. The van der Waals surface area contributed by atoms with Gasteiger partial charge in [-0.25, -0.2) is 8.78 Å². The number of carbonyl (C=O) groups is 1. The lowest BCUT2D eigenvalue weighted by Crippen LogP contribution is -2.46. The van der Waals surface area contributed by atoms with Crippen LogP contribution in [0.25, 0.3) is 0 Å². The molecule has 1 aliphatic heterocycles. The van der Waals surface area contributed by atoms with Gasteiger partial charge in [0, 0.05) is 24.7 Å². The van der Waals surface area contributed by atoms with Crippen LogP contribution in [0.3, 0.4) is 0 Å². The molecule has 1 amide bonds. The molecule has 1 fully saturated rings. The SMILES string of the molecule is NC1CCCN(C(=O)Cc2cc(F)ccc2F)C1. The van der Waals surface area contributed by atoms with Crippen molar-refractivity contribution in [2.24, 2.45) is 5.73 Å². The van der Waals surface area contributed by atoms with Crippen LogP contribution in [0.5, 0.6) is 0 Å². The Bertz CT molecular complexity index is 451. The smallest absolute Gasteiger partial charge is 0.227 e. The van der Waals surface area contributed by atoms with Gasteiger partial charge in [-0.05, 0) is 31.0 Å². The third-order valence-electron chi connectivity index (χ3n) is 3.16. The summed E-state index contributed by atoms with van der Waals surface area (Å²) >= 11 is 0. The number of hydrogen-bond acceptors (Lipinski definition) is 2. The molecule has 1 aromatic carbocycles. The highest BCUT2D eigenvalue weighted by molar-refractivity contribution is 5.79. The van der Waals surface area contributed by atoms with E-state index >= 15 is 0 Å². The average molecular weight is 254 g/mol. The van der Waals surface area contributed by atoms with Crippen molar-refractivity contribution in [1.29, 1.82) is 0 Å². The number of amides is 1. The highest BCUT2D eigenvalue weighted by Gasteiger charge is 2.22. The molecule has 1 unspecified atom stereocenters. The van der Waals surface area contributed by atoms with Crippen molar-refractivity contribution in [3.05, 3.63) is 35.4 Å². The van der Waals surface area contributed by atoms with Gasteiger partial charge in [0.05, 0.1) is 6.42 Å². The summed E-state index contributed by atoms with van der Waals surface area (Å²) in [6, 6.07) is 3.14. The largest absolute Gasteiger partial charge is 0.341 e. The molecule has 98 valence electrons. The minimum atomic E-state index is -0.550. The number of nitrogens with zero attached hydrogens (tertiary/aromatic N) is 1. The van der Waals surface area contributed by atoms with Crippen LogP contribution in [0.15, 0.2) is 18.2 Å². The maximum Gasteiger partial charge on any atom is 0.227 e. The molecule has 1 saturated heterocycles. The standard InChI is InChI=1S/C13H16F2N2O/c14-10-3-4-12(15)9(6-10)7-13(18)17-5-1-2-11(16)8-17/h3-4,6,11H,1-2,5,7-8,16H2. The summed E-state index contributed by atoms with van der Waals surface area (Å²) in [6.07, 6.45) is 1.65. The lowest BCUT2D eigenvalue weighted by atomic mass is 10.0. The maximum atomic E-state index is 13.4. The van der Waals surface area contributed by atoms with E-state index in [4.69, 9.17) is 5.73 Å². The van der Waals surface area contributed by atoms with Gasteiger partial charge in [0.1, 0.15) is 11.6 Å². The summed E-state index contributed by atoms with van der Waals surface area (Å²) in [4.78, 5) is 13.6. The summed E-state index contributed by atoms with van der Waals surface area (Å²) in [5.74, 6) is -1.28. The van der Waals surface area contributed by atoms with Crippen LogP contribution < -0.4 is 5.73 Å². The molecule has 0 bridgehead atoms. The first-order valence-electron chi connectivity index (χ1n) is 6.03. The van der Waals surface area contributed by atoms with Crippen LogP contribution in [0.2, 0.25) is 0 Å². The molecule has 0 saturated carbocycles. The summed E-state index contributed by atoms with van der Waals surface area (Å²) in [7, 11) is 0. The predicted molar refractivity (Wildman–Crippen MR) is 63.9 cm³/mol. The van der Waals surface area contributed by atoms with Gasteiger partial charge in [0.15, 0.2) is 0 Å². The van der Waals surface area contributed by atoms with E-state index in [0.717, 1.165) is 31.0 Å². The van der Waals surface area contributed by atoms with Crippen molar-refractivity contribution in [2.75, 3.05) is 13.1 Å². The van der Waals surface area contributed by atoms with Gasteiger partial charge in [-0.1, -0.05) is 0 Å². The van der Waals surface area contributed by atoms with E-state index in [1.165, 1.54) is 0 Å². The van der Waals surface area contributed by atoms with Crippen molar-refractivity contribution in [1.82, 2.24) is 4.90 Å². The monoisotopic (exact) mass is 254 g/mol. The normalized spacial score (nSPS) is 19.9. The van der Waals surface area contributed by atoms with Gasteiger partial charge >= 0.3 is 0 Å². The van der Waals surface area contributed by atoms with Crippen molar-refractivity contribution < 1.29 is 13.6 Å². The number of hydrogen-bond donors (Lipinski definition) is 1. The van der Waals surface area contributed by atoms with Crippen molar-refractivity contribution in [3.63, 3.8) is 0 Å². The van der Waals surface area contributed by atoms with Crippen LogP contribution in [0.4, 0.5) is 8.78 Å². The molecule has 5 heteroatoms. The average Bonchev–Trinajstić information content (AvgIpc) is 2.34. The van der Waals surface area contributed by atoms with Gasteiger partial charge in [-0.3, -0.25) is 4.79 Å². The molecule has 18 heavy (non-hydrogen) atoms. The Hall–Kier alpha value is -1.49. The van der Waals surface area contributed by atoms with Gasteiger partial charge in [-0.15, -0.1) is 0 Å². The maximum absolute atomic E-state index is 13.4. The van der Waals surface area contributed by atoms with Crippen LogP contribution in [0.1, 0.15) is 18.4 Å². The zero-order chi connectivity index (χ0) is 13.1. The zero-order valence-corrected chi connectivity index (χ0v) is 10.0.